The lowest BCUT2D eigenvalue weighted by Gasteiger charge is -2.27. The van der Waals surface area contributed by atoms with Crippen molar-refractivity contribution in [3.05, 3.63) is 38.0 Å². The van der Waals surface area contributed by atoms with E-state index in [1.807, 2.05) is 0 Å². The summed E-state index contributed by atoms with van der Waals surface area (Å²) in [5, 5.41) is 0. The fraction of sp³-hybridized carbons (Fsp3) is 0.593. The highest BCUT2D eigenvalue weighted by Crippen LogP contribution is 2.12. The molecule has 0 saturated carbocycles. The minimum Gasteiger partial charge on any atom is -0.460 e. The summed E-state index contributed by atoms with van der Waals surface area (Å²) in [6, 6.07) is 0. The molecule has 0 spiro atoms. The molecule has 0 aromatic heterocycles. The molecule has 2 unspecified atom stereocenters. The predicted octanol–water partition coefficient (Wildman–Crippen LogP) is 0.914. The Morgan fingerprint density at radius 2 is 1.19 bits per heavy atom. The van der Waals surface area contributed by atoms with Crippen molar-refractivity contribution in [2.45, 2.75) is 12.2 Å². The van der Waals surface area contributed by atoms with Crippen LogP contribution in [0.15, 0.2) is 38.0 Å². The molecule has 0 bridgehead atoms. The van der Waals surface area contributed by atoms with Gasteiger partial charge in [0.15, 0.2) is 6.10 Å². The molecule has 0 radical (unpaired) electrons. The summed E-state index contributed by atoms with van der Waals surface area (Å²) in [5.41, 5.74) is 0. The van der Waals surface area contributed by atoms with Crippen LogP contribution in [0.25, 0.3) is 0 Å². The van der Waals surface area contributed by atoms with Gasteiger partial charge in [0.25, 0.3) is 0 Å². The molecule has 0 amide bonds. The molecule has 16 nitrogen and oxygen atoms in total. The van der Waals surface area contributed by atoms with Gasteiger partial charge in [-0.2, -0.15) is 0 Å². The second-order valence-electron chi connectivity index (χ2n) is 8.22. The zero-order chi connectivity index (χ0) is 31.7. The Morgan fingerprint density at radius 1 is 0.698 bits per heavy atom. The molecule has 1 aliphatic heterocycles. The number of carbonyl (C=O) groups excluding carboxylic acids is 5. The van der Waals surface area contributed by atoms with E-state index in [0.717, 1.165) is 18.2 Å². The standard InChI is InChI=1S/C27H38O16/c1-4-23(28)37-10-7-33-15-20(16-34-8-11-38-24(29)5-2)22(36-13-14-39-25(30)6-3)19-35-9-12-40-26(31)41-17-21-18-42-27(32)43-21/h4-6,20-22H,1-3,7-19H2. The molecule has 1 rings (SSSR count). The maximum Gasteiger partial charge on any atom is 0.508 e. The smallest absolute Gasteiger partial charge is 0.460 e. The van der Waals surface area contributed by atoms with Gasteiger partial charge >= 0.3 is 30.2 Å². The normalized spacial score (nSPS) is 14.5. The van der Waals surface area contributed by atoms with Gasteiger partial charge in [0.2, 0.25) is 0 Å². The number of cyclic esters (lactones) is 2. The molecule has 242 valence electrons. The monoisotopic (exact) mass is 618 g/mol. The van der Waals surface area contributed by atoms with Gasteiger partial charge in [0.1, 0.15) is 39.6 Å². The first-order chi connectivity index (χ1) is 20.8. The van der Waals surface area contributed by atoms with Gasteiger partial charge in [-0.1, -0.05) is 19.7 Å². The summed E-state index contributed by atoms with van der Waals surface area (Å²) >= 11 is 0. The Labute approximate surface area is 248 Å². The molecule has 2 atom stereocenters. The van der Waals surface area contributed by atoms with Crippen LogP contribution in [0.1, 0.15) is 0 Å². The third-order valence-electron chi connectivity index (χ3n) is 5.06. The number of hydrogen-bond donors (Lipinski definition) is 0. The maximum atomic E-state index is 11.7. The number of rotatable bonds is 25. The number of carbonyl (C=O) groups is 5. The zero-order valence-electron chi connectivity index (χ0n) is 23.8. The average molecular weight is 619 g/mol. The molecule has 1 fully saturated rings. The van der Waals surface area contributed by atoms with E-state index in [1.54, 1.807) is 0 Å². The first-order valence-electron chi connectivity index (χ1n) is 13.1. The maximum absolute atomic E-state index is 11.7. The third-order valence-corrected chi connectivity index (χ3v) is 5.06. The quantitative estimate of drug-likeness (QED) is 0.0607. The molecule has 1 saturated heterocycles. The molecular weight excluding hydrogens is 580 g/mol. The summed E-state index contributed by atoms with van der Waals surface area (Å²) < 4.78 is 56.6. The largest absolute Gasteiger partial charge is 0.508 e. The van der Waals surface area contributed by atoms with Gasteiger partial charge in [-0.25, -0.2) is 24.0 Å². The summed E-state index contributed by atoms with van der Waals surface area (Å²) in [7, 11) is 0. The number of esters is 3. The molecule has 43 heavy (non-hydrogen) atoms. The van der Waals surface area contributed by atoms with E-state index in [0.29, 0.717) is 0 Å². The molecule has 0 aromatic rings. The van der Waals surface area contributed by atoms with Gasteiger partial charge in [0, 0.05) is 24.1 Å². The lowest BCUT2D eigenvalue weighted by molar-refractivity contribution is -0.143. The van der Waals surface area contributed by atoms with E-state index in [-0.39, 0.29) is 85.9 Å². The van der Waals surface area contributed by atoms with Gasteiger partial charge in [0.05, 0.1) is 52.4 Å². The van der Waals surface area contributed by atoms with Crippen LogP contribution in [0.2, 0.25) is 0 Å². The minimum atomic E-state index is -0.989. The highest BCUT2D eigenvalue weighted by molar-refractivity contribution is 5.81. The van der Waals surface area contributed by atoms with Gasteiger partial charge in [-0.05, 0) is 0 Å². The molecule has 0 aliphatic carbocycles. The Kier molecular flexibility index (Phi) is 20.3. The van der Waals surface area contributed by atoms with Crippen LogP contribution in [0, 0.1) is 5.92 Å². The summed E-state index contributed by atoms with van der Waals surface area (Å²) in [4.78, 5) is 56.4. The van der Waals surface area contributed by atoms with E-state index in [1.165, 1.54) is 0 Å². The topological polar surface area (TPSA) is 187 Å². The third kappa shape index (κ3) is 18.9. The average Bonchev–Trinajstić information content (AvgIpc) is 3.43. The van der Waals surface area contributed by atoms with Crippen LogP contribution in [0.4, 0.5) is 9.59 Å². The van der Waals surface area contributed by atoms with Crippen molar-refractivity contribution in [2.75, 3.05) is 85.9 Å². The molecule has 1 heterocycles. The Balaban J connectivity index is 2.62. The SMILES string of the molecule is C=CC(=O)OCCOCC(COCCOC(=O)C=C)C(COCCOC(=O)OCC1COC(=O)O1)OCCOC(=O)C=C. The van der Waals surface area contributed by atoms with Crippen LogP contribution < -0.4 is 0 Å². The van der Waals surface area contributed by atoms with E-state index in [9.17, 15) is 24.0 Å². The fourth-order valence-corrected chi connectivity index (χ4v) is 3.01. The van der Waals surface area contributed by atoms with Crippen molar-refractivity contribution in [3.8, 4) is 0 Å². The van der Waals surface area contributed by atoms with Crippen molar-refractivity contribution in [2.24, 2.45) is 5.92 Å². The fourth-order valence-electron chi connectivity index (χ4n) is 3.01. The van der Waals surface area contributed by atoms with E-state index < -0.39 is 48.3 Å². The summed E-state index contributed by atoms with van der Waals surface area (Å²) in [6.45, 7) is 9.69. The highest BCUT2D eigenvalue weighted by Gasteiger charge is 2.27. The first kappa shape index (κ1) is 37.0. The number of hydrogen-bond acceptors (Lipinski definition) is 16. The van der Waals surface area contributed by atoms with E-state index in [4.69, 9.17) is 47.4 Å². The van der Waals surface area contributed by atoms with Crippen molar-refractivity contribution in [1.82, 2.24) is 0 Å². The van der Waals surface area contributed by atoms with Gasteiger partial charge in [-0.15, -0.1) is 0 Å². The van der Waals surface area contributed by atoms with Crippen LogP contribution in [0.3, 0.4) is 0 Å². The predicted molar refractivity (Wildman–Crippen MR) is 143 cm³/mol. The summed E-state index contributed by atoms with van der Waals surface area (Å²) in [5.74, 6) is -2.26. The highest BCUT2D eigenvalue weighted by atomic mass is 16.8. The first-order valence-corrected chi connectivity index (χ1v) is 13.1. The van der Waals surface area contributed by atoms with E-state index in [2.05, 4.69) is 24.5 Å². The van der Waals surface area contributed by atoms with Gasteiger partial charge in [-0.3, -0.25) is 0 Å². The molecule has 0 aromatic carbocycles. The van der Waals surface area contributed by atoms with E-state index >= 15 is 0 Å². The van der Waals surface area contributed by atoms with Crippen molar-refractivity contribution < 1.29 is 76.1 Å². The van der Waals surface area contributed by atoms with Crippen molar-refractivity contribution in [1.29, 1.82) is 0 Å². The van der Waals surface area contributed by atoms with Crippen LogP contribution in [0.5, 0.6) is 0 Å². The van der Waals surface area contributed by atoms with Gasteiger partial charge < -0.3 is 52.1 Å². The molecule has 16 heteroatoms. The Hall–Kier alpha value is -3.99. The second-order valence-corrected chi connectivity index (χ2v) is 8.22. The molecule has 0 N–H and O–H groups in total. The van der Waals surface area contributed by atoms with Crippen LogP contribution in [-0.2, 0) is 66.5 Å². The Morgan fingerprint density at radius 3 is 1.67 bits per heavy atom. The lowest BCUT2D eigenvalue weighted by atomic mass is 10.1. The van der Waals surface area contributed by atoms with Crippen LogP contribution >= 0.6 is 0 Å². The number of ether oxygens (including phenoxy) is 11. The second kappa shape index (κ2) is 23.6. The zero-order valence-corrected chi connectivity index (χ0v) is 23.8. The molecular formula is C27H38O16. The lowest BCUT2D eigenvalue weighted by Crippen LogP contribution is -2.37. The molecule has 1 aliphatic rings. The minimum absolute atomic E-state index is 0.00369. The van der Waals surface area contributed by atoms with Crippen LogP contribution in [-0.4, -0.2) is 128 Å². The van der Waals surface area contributed by atoms with Crippen molar-refractivity contribution >= 4 is 30.2 Å². The Bertz CT molecular complexity index is 873. The summed E-state index contributed by atoms with van der Waals surface area (Å²) in [6.07, 6.45) is -0.128. The van der Waals surface area contributed by atoms with Crippen molar-refractivity contribution in [3.63, 3.8) is 0 Å².